The zero-order valence-corrected chi connectivity index (χ0v) is 8.85. The van der Waals surface area contributed by atoms with Crippen LogP contribution in [0.4, 0.5) is 10.5 Å². The Morgan fingerprint density at radius 2 is 1.86 bits per heavy atom. The van der Waals surface area contributed by atoms with E-state index in [0.717, 1.165) is 23.2 Å². The molecule has 1 aromatic carbocycles. The number of carbonyl (C=O) groups is 1. The van der Waals surface area contributed by atoms with Gasteiger partial charge in [0.05, 0.1) is 0 Å². The lowest BCUT2D eigenvalue weighted by Crippen LogP contribution is -2.20. The summed E-state index contributed by atoms with van der Waals surface area (Å²) in [7, 11) is 0. The average molecular weight is 192 g/mol. The first-order chi connectivity index (χ1) is 6.54. The van der Waals surface area contributed by atoms with Gasteiger partial charge < -0.3 is 11.1 Å². The summed E-state index contributed by atoms with van der Waals surface area (Å²) in [5.74, 6) is 0. The highest BCUT2D eigenvalue weighted by Gasteiger charge is 2.05. The fourth-order valence-electron chi connectivity index (χ4n) is 1.58. The van der Waals surface area contributed by atoms with Gasteiger partial charge >= 0.3 is 6.03 Å². The molecule has 0 aliphatic heterocycles. The molecule has 3 heteroatoms. The number of urea groups is 1. The Morgan fingerprint density at radius 3 is 2.21 bits per heavy atom. The van der Waals surface area contributed by atoms with Crippen LogP contribution in [0.5, 0.6) is 0 Å². The molecule has 0 saturated heterocycles. The second kappa shape index (κ2) is 4.13. The molecule has 3 N–H and O–H groups in total. The third-order valence-electron chi connectivity index (χ3n) is 2.25. The Labute approximate surface area is 84.3 Å². The second-order valence-corrected chi connectivity index (χ2v) is 3.45. The van der Waals surface area contributed by atoms with Gasteiger partial charge in [-0.3, -0.25) is 0 Å². The van der Waals surface area contributed by atoms with Crippen molar-refractivity contribution in [1.29, 1.82) is 0 Å². The van der Waals surface area contributed by atoms with Gasteiger partial charge in [0.1, 0.15) is 0 Å². The first-order valence-electron chi connectivity index (χ1n) is 4.71. The molecule has 76 valence electrons. The lowest BCUT2D eigenvalue weighted by atomic mass is 10.0. The number of benzene rings is 1. The second-order valence-electron chi connectivity index (χ2n) is 3.45. The van der Waals surface area contributed by atoms with Crippen LogP contribution in [0, 0.1) is 13.8 Å². The van der Waals surface area contributed by atoms with E-state index in [4.69, 9.17) is 5.73 Å². The van der Waals surface area contributed by atoms with Crippen LogP contribution in [-0.4, -0.2) is 6.03 Å². The van der Waals surface area contributed by atoms with Gasteiger partial charge in [-0.15, -0.1) is 0 Å². The van der Waals surface area contributed by atoms with Gasteiger partial charge in [-0.25, -0.2) is 4.79 Å². The van der Waals surface area contributed by atoms with Gasteiger partial charge in [-0.05, 0) is 37.0 Å². The molecule has 0 unspecified atom stereocenters. The summed E-state index contributed by atoms with van der Waals surface area (Å²) in [5, 5.41) is 2.63. The zero-order valence-electron chi connectivity index (χ0n) is 8.85. The van der Waals surface area contributed by atoms with Gasteiger partial charge in [0.2, 0.25) is 0 Å². The van der Waals surface area contributed by atoms with E-state index in [1.54, 1.807) is 0 Å². The lowest BCUT2D eigenvalue weighted by Gasteiger charge is -2.11. The molecule has 0 heterocycles. The van der Waals surface area contributed by atoms with Gasteiger partial charge in [-0.2, -0.15) is 0 Å². The number of rotatable bonds is 2. The van der Waals surface area contributed by atoms with E-state index in [2.05, 4.69) is 24.4 Å². The highest BCUT2D eigenvalue weighted by atomic mass is 16.2. The van der Waals surface area contributed by atoms with Crippen molar-refractivity contribution < 1.29 is 4.79 Å². The minimum Gasteiger partial charge on any atom is -0.351 e. The third-order valence-corrected chi connectivity index (χ3v) is 2.25. The van der Waals surface area contributed by atoms with Crippen molar-refractivity contribution in [1.82, 2.24) is 0 Å². The molecule has 1 rings (SSSR count). The Kier molecular flexibility index (Phi) is 3.12. The van der Waals surface area contributed by atoms with Crippen molar-refractivity contribution in [2.75, 3.05) is 5.32 Å². The van der Waals surface area contributed by atoms with Crippen LogP contribution in [0.3, 0.4) is 0 Å². The summed E-state index contributed by atoms with van der Waals surface area (Å²) in [4.78, 5) is 10.7. The summed E-state index contributed by atoms with van der Waals surface area (Å²) in [5.41, 5.74) is 9.30. The minimum atomic E-state index is -0.513. The number of nitrogens with one attached hydrogen (secondary N) is 1. The highest BCUT2D eigenvalue weighted by molar-refractivity contribution is 5.89. The molecule has 2 amide bonds. The number of nitrogens with two attached hydrogens (primary N) is 1. The molecule has 0 radical (unpaired) electrons. The van der Waals surface area contributed by atoms with Crippen LogP contribution in [0.2, 0.25) is 0 Å². The number of hydrogen-bond acceptors (Lipinski definition) is 1. The largest absolute Gasteiger partial charge is 0.351 e. The van der Waals surface area contributed by atoms with Gasteiger partial charge in [0, 0.05) is 5.69 Å². The Hall–Kier alpha value is -1.51. The predicted octanol–water partition coefficient (Wildman–Crippen LogP) is 2.36. The maximum atomic E-state index is 10.7. The number of hydrogen-bond donors (Lipinski definition) is 2. The van der Waals surface area contributed by atoms with Crippen LogP contribution in [-0.2, 0) is 6.42 Å². The average Bonchev–Trinajstić information content (AvgIpc) is 2.10. The summed E-state index contributed by atoms with van der Waals surface area (Å²) >= 11 is 0. The molecule has 0 spiro atoms. The Balaban J connectivity index is 3.11. The van der Waals surface area contributed by atoms with Crippen molar-refractivity contribution in [2.45, 2.75) is 27.2 Å². The molecule has 0 aliphatic carbocycles. The van der Waals surface area contributed by atoms with Crippen LogP contribution < -0.4 is 11.1 Å². The topological polar surface area (TPSA) is 55.1 Å². The molecule has 0 aliphatic rings. The van der Waals surface area contributed by atoms with Crippen molar-refractivity contribution in [3.05, 3.63) is 28.8 Å². The molecule has 0 saturated carbocycles. The van der Waals surface area contributed by atoms with Crippen molar-refractivity contribution in [2.24, 2.45) is 5.73 Å². The Bertz CT molecular complexity index is 335. The normalized spacial score (nSPS) is 9.93. The van der Waals surface area contributed by atoms with E-state index in [-0.39, 0.29) is 0 Å². The fourth-order valence-corrected chi connectivity index (χ4v) is 1.58. The van der Waals surface area contributed by atoms with Crippen LogP contribution in [0.1, 0.15) is 23.6 Å². The zero-order chi connectivity index (χ0) is 10.7. The Morgan fingerprint density at radius 1 is 1.36 bits per heavy atom. The molecule has 0 aromatic heterocycles. The standard InChI is InChI=1S/C11H16N2O/c1-4-9-5-7(2)10(8(3)6-9)13-11(12)14/h5-6H,4H2,1-3H3,(H3,12,13,14). The lowest BCUT2D eigenvalue weighted by molar-refractivity contribution is 0.259. The number of anilines is 1. The van der Waals surface area contributed by atoms with Crippen LogP contribution in [0.15, 0.2) is 12.1 Å². The van der Waals surface area contributed by atoms with E-state index in [0.29, 0.717) is 0 Å². The van der Waals surface area contributed by atoms with Crippen molar-refractivity contribution >= 4 is 11.7 Å². The quantitative estimate of drug-likeness (QED) is 0.742. The van der Waals surface area contributed by atoms with Gasteiger partial charge in [0.25, 0.3) is 0 Å². The number of aryl methyl sites for hydroxylation is 3. The van der Waals surface area contributed by atoms with Gasteiger partial charge in [-0.1, -0.05) is 19.1 Å². The summed E-state index contributed by atoms with van der Waals surface area (Å²) in [6.07, 6.45) is 0.999. The summed E-state index contributed by atoms with van der Waals surface area (Å²) in [6, 6.07) is 3.62. The molecular weight excluding hydrogens is 176 g/mol. The SMILES string of the molecule is CCc1cc(C)c(NC(N)=O)c(C)c1. The first-order valence-corrected chi connectivity index (χ1v) is 4.71. The molecular formula is C11H16N2O. The van der Waals surface area contributed by atoms with E-state index in [1.807, 2.05) is 13.8 Å². The number of carbonyl (C=O) groups excluding carboxylic acids is 1. The van der Waals surface area contributed by atoms with Crippen molar-refractivity contribution in [3.8, 4) is 0 Å². The van der Waals surface area contributed by atoms with E-state index >= 15 is 0 Å². The molecule has 3 nitrogen and oxygen atoms in total. The smallest absolute Gasteiger partial charge is 0.316 e. The predicted molar refractivity (Wildman–Crippen MR) is 58.5 cm³/mol. The molecule has 0 bridgehead atoms. The van der Waals surface area contributed by atoms with E-state index < -0.39 is 6.03 Å². The van der Waals surface area contributed by atoms with E-state index in [1.165, 1.54) is 5.56 Å². The maximum Gasteiger partial charge on any atom is 0.316 e. The first kappa shape index (κ1) is 10.6. The summed E-state index contributed by atoms with van der Waals surface area (Å²) in [6.45, 7) is 6.05. The molecule has 14 heavy (non-hydrogen) atoms. The highest BCUT2D eigenvalue weighted by Crippen LogP contribution is 2.22. The van der Waals surface area contributed by atoms with Gasteiger partial charge in [0.15, 0.2) is 0 Å². The molecule has 1 aromatic rings. The maximum absolute atomic E-state index is 10.7. The third kappa shape index (κ3) is 2.25. The number of primary amides is 1. The van der Waals surface area contributed by atoms with Crippen molar-refractivity contribution in [3.63, 3.8) is 0 Å². The number of amides is 2. The van der Waals surface area contributed by atoms with E-state index in [9.17, 15) is 4.79 Å². The molecule has 0 fully saturated rings. The van der Waals surface area contributed by atoms with Crippen LogP contribution >= 0.6 is 0 Å². The minimum absolute atomic E-state index is 0.513. The summed E-state index contributed by atoms with van der Waals surface area (Å²) < 4.78 is 0. The molecule has 0 atom stereocenters. The fraction of sp³-hybridized carbons (Fsp3) is 0.364. The van der Waals surface area contributed by atoms with Crippen LogP contribution in [0.25, 0.3) is 0 Å². The monoisotopic (exact) mass is 192 g/mol.